The van der Waals surface area contributed by atoms with Crippen LogP contribution in [-0.4, -0.2) is 61.3 Å². The first-order valence-electron chi connectivity index (χ1n) is 24.1. The number of hydrogen-bond donors (Lipinski definition) is 2. The monoisotopic (exact) mass is 1310 g/mol. The van der Waals surface area contributed by atoms with Crippen molar-refractivity contribution in [3.05, 3.63) is 230 Å². The number of nitrogen functional groups attached to an aromatic ring is 1. The molecule has 86 heavy (non-hydrogen) atoms. The molecule has 0 fully saturated rings. The van der Waals surface area contributed by atoms with Crippen molar-refractivity contribution in [1.82, 2.24) is 19.4 Å². The molecule has 4 aromatic heterocycles. The number of benzene rings is 5. The highest BCUT2D eigenvalue weighted by Crippen LogP contribution is 2.40. The van der Waals surface area contributed by atoms with Crippen LogP contribution in [0.2, 0.25) is 0 Å². The highest BCUT2D eigenvalue weighted by molar-refractivity contribution is 7.92. The van der Waals surface area contributed by atoms with E-state index < -0.39 is 82.0 Å². The van der Waals surface area contributed by atoms with Gasteiger partial charge in [-0.05, 0) is 107 Å². The Labute approximate surface area is 500 Å². The maximum atomic E-state index is 14.1. The highest BCUT2D eigenvalue weighted by Gasteiger charge is 2.33. The van der Waals surface area contributed by atoms with Gasteiger partial charge in [-0.2, -0.15) is 37.0 Å². The SMILES string of the molecule is COC1=C(n2c(=O)ccc3cc(S(=O)(=O)Nc4ccon4)ccc32)C[C@@H](Cl)C(c2ccc(F)cc2)=C1.COC1=C(n2c(=O)ccc3cc(S(=O)(=O)Oc4c(F)c(F)c(F)c(F)c4F)ccc32)C[C@@H](Cl)C(c2ccc(F)cc2)=C1.Nc1ccon1.P.P. The van der Waals surface area contributed by atoms with Gasteiger partial charge in [0.2, 0.25) is 34.8 Å². The first-order valence-corrected chi connectivity index (χ1v) is 27.9. The van der Waals surface area contributed by atoms with Crippen LogP contribution >= 0.6 is 43.0 Å². The van der Waals surface area contributed by atoms with E-state index in [-0.39, 0.29) is 71.4 Å². The quantitative estimate of drug-likeness (QED) is 0.0289. The molecule has 17 nitrogen and oxygen atoms in total. The molecule has 30 heteroatoms. The lowest BCUT2D eigenvalue weighted by molar-refractivity contribution is 0.305. The van der Waals surface area contributed by atoms with Gasteiger partial charge < -0.3 is 28.4 Å². The lowest BCUT2D eigenvalue weighted by Crippen LogP contribution is -2.24. The van der Waals surface area contributed by atoms with Gasteiger partial charge in [0.1, 0.15) is 40.6 Å². The molecule has 450 valence electrons. The third-order valence-corrected chi connectivity index (χ3v) is 16.1. The number of fused-ring (bicyclic) bond motifs is 2. The van der Waals surface area contributed by atoms with Crippen molar-refractivity contribution in [3.63, 3.8) is 0 Å². The van der Waals surface area contributed by atoms with Crippen LogP contribution < -0.4 is 25.8 Å². The lowest BCUT2D eigenvalue weighted by Gasteiger charge is -2.25. The number of nitrogens with two attached hydrogens (primary N) is 1. The Morgan fingerprint density at radius 1 is 0.570 bits per heavy atom. The van der Waals surface area contributed by atoms with E-state index in [4.69, 9.17) is 38.4 Å². The first kappa shape index (κ1) is 65.3. The Kier molecular flexibility index (Phi) is 20.5. The molecule has 0 saturated carbocycles. The summed E-state index contributed by atoms with van der Waals surface area (Å²) in [6, 6.07) is 27.3. The van der Waals surface area contributed by atoms with Crippen LogP contribution in [0.5, 0.6) is 5.75 Å². The fraction of sp³-hybridized carbons (Fsp3) is 0.107. The summed E-state index contributed by atoms with van der Waals surface area (Å²) >= 11 is 13.4. The van der Waals surface area contributed by atoms with Crippen LogP contribution in [0.3, 0.4) is 0 Å². The number of pyridine rings is 2. The summed E-state index contributed by atoms with van der Waals surface area (Å²) in [5.74, 6) is -13.8. The molecule has 4 atom stereocenters. The van der Waals surface area contributed by atoms with Crippen molar-refractivity contribution in [3.8, 4) is 5.75 Å². The van der Waals surface area contributed by atoms with E-state index >= 15 is 0 Å². The summed E-state index contributed by atoms with van der Waals surface area (Å²) in [7, 11) is -6.22. The van der Waals surface area contributed by atoms with Gasteiger partial charge in [0.15, 0.2) is 11.6 Å². The van der Waals surface area contributed by atoms with Gasteiger partial charge in [-0.3, -0.25) is 23.4 Å². The van der Waals surface area contributed by atoms with Gasteiger partial charge in [0, 0.05) is 47.9 Å². The molecule has 2 unspecified atom stereocenters. The predicted octanol–water partition coefficient (Wildman–Crippen LogP) is 11.7. The van der Waals surface area contributed by atoms with Gasteiger partial charge in [0.25, 0.3) is 21.1 Å². The zero-order valence-corrected chi connectivity index (χ0v) is 50.4. The predicted molar refractivity (Wildman–Crippen MR) is 319 cm³/mol. The van der Waals surface area contributed by atoms with Gasteiger partial charge in [0.05, 0.1) is 52.3 Å². The topological polar surface area (TPSA) is 230 Å². The number of sulfonamides is 1. The number of halogens is 9. The van der Waals surface area contributed by atoms with Crippen LogP contribution in [0.1, 0.15) is 24.0 Å². The summed E-state index contributed by atoms with van der Waals surface area (Å²) in [5, 5.41) is 6.33. The Morgan fingerprint density at radius 3 is 1.41 bits per heavy atom. The van der Waals surface area contributed by atoms with E-state index in [2.05, 4.69) is 28.3 Å². The van der Waals surface area contributed by atoms with E-state index in [0.717, 1.165) is 29.3 Å². The van der Waals surface area contributed by atoms with E-state index in [9.17, 15) is 57.2 Å². The van der Waals surface area contributed by atoms with E-state index in [0.29, 0.717) is 45.0 Å². The maximum absolute atomic E-state index is 14.1. The second-order valence-corrected chi connectivity index (χ2v) is 22.2. The van der Waals surface area contributed by atoms with Crippen LogP contribution in [-0.2, 0) is 29.6 Å². The summed E-state index contributed by atoms with van der Waals surface area (Å²) in [5.41, 5.74) is 8.39. The third kappa shape index (κ3) is 13.7. The van der Waals surface area contributed by atoms with Crippen LogP contribution in [0.25, 0.3) is 44.3 Å². The number of allylic oxidation sites excluding steroid dienone is 6. The molecule has 5 aromatic carbocycles. The number of methoxy groups -OCH3 is 2. The van der Waals surface area contributed by atoms with Crippen molar-refractivity contribution in [2.75, 3.05) is 24.7 Å². The second-order valence-electron chi connectivity index (χ2n) is 17.9. The van der Waals surface area contributed by atoms with Gasteiger partial charge in [-0.1, -0.05) is 34.6 Å². The first-order chi connectivity index (χ1) is 40.0. The molecule has 0 bridgehead atoms. The second kappa shape index (κ2) is 27.0. The Morgan fingerprint density at radius 2 is 1.00 bits per heavy atom. The van der Waals surface area contributed by atoms with Crippen molar-refractivity contribution in [2.24, 2.45) is 0 Å². The van der Waals surface area contributed by atoms with E-state index in [1.54, 1.807) is 42.5 Å². The summed E-state index contributed by atoms with van der Waals surface area (Å²) < 4.78 is 176. The van der Waals surface area contributed by atoms with E-state index in [1.165, 1.54) is 109 Å². The van der Waals surface area contributed by atoms with Crippen LogP contribution in [0.4, 0.5) is 42.4 Å². The molecule has 2 aliphatic rings. The number of ether oxygens (including phenoxy) is 2. The molecule has 11 rings (SSSR count). The highest BCUT2D eigenvalue weighted by atomic mass is 35.5. The fourth-order valence-electron chi connectivity index (χ4n) is 8.79. The smallest absolute Gasteiger partial charge is 0.339 e. The molecule has 0 spiro atoms. The number of anilines is 2. The third-order valence-electron chi connectivity index (χ3n) is 12.7. The molecular formula is C56H45Cl2F7N6O11P2S2. The number of aromatic nitrogens is 4. The Bertz CT molecular complexity index is 4490. The maximum Gasteiger partial charge on any atom is 0.339 e. The van der Waals surface area contributed by atoms with Gasteiger partial charge >= 0.3 is 10.1 Å². The Hall–Kier alpha value is -8.25. The minimum Gasteiger partial charge on any atom is -0.495 e. The van der Waals surface area contributed by atoms with Crippen LogP contribution in [0, 0.1) is 40.7 Å². The molecule has 0 saturated heterocycles. The number of nitrogens with one attached hydrogen (secondary N) is 1. The average Bonchev–Trinajstić information content (AvgIpc) is 2.09. The van der Waals surface area contributed by atoms with Crippen LogP contribution in [0.15, 0.2) is 186 Å². The van der Waals surface area contributed by atoms with Crippen molar-refractivity contribution in [1.29, 1.82) is 0 Å². The molecule has 4 heterocycles. The molecule has 0 amide bonds. The van der Waals surface area contributed by atoms with Gasteiger partial charge in [-0.25, -0.2) is 30.4 Å². The number of alkyl halides is 2. The van der Waals surface area contributed by atoms with Gasteiger partial charge in [-0.15, -0.1) is 23.2 Å². The Balaban J connectivity index is 0.000000221. The van der Waals surface area contributed by atoms with Crippen molar-refractivity contribution < 1.29 is 70.3 Å². The molecule has 0 radical (unpaired) electrons. The standard InChI is InChI=1S/C28H16ClF6NO5S.C25H19ClFN3O5S.C3H4N2O.2H3P/c1-40-21-11-17(13-2-5-15(30)6-3-13)18(29)12-20(21)36-19-8-7-16(10-14(19)4-9-22(36)37)42(38,39)41-28-26(34)24(32)23(31)25(33)27(28)35;1-34-23-13-19(15-2-5-17(27)6-3-15)20(26)14-22(23)30-21-8-7-18(12-16(21)4-9-25(30)31)36(32,33)29-24-10-11-35-28-24;4-3-1-2-6-5-3;;/h2-11,18H,12H2,1H3;2-13,20H,14H2,1H3,(H,28,29);1-2H,(H2,4,5);2*1H3/t18-;20-;;;/m11.../s1. The van der Waals surface area contributed by atoms with E-state index in [1.807, 2.05) is 0 Å². The normalized spacial score (nSPS) is 15.0. The minimum absolute atomic E-state index is 0. The molecule has 9 aromatic rings. The zero-order valence-electron chi connectivity index (χ0n) is 44.4. The van der Waals surface area contributed by atoms with Crippen molar-refractivity contribution >= 4 is 119 Å². The molecular weight excluding hydrogens is 1260 g/mol. The summed E-state index contributed by atoms with van der Waals surface area (Å²) in [6.07, 6.45) is 6.32. The summed E-state index contributed by atoms with van der Waals surface area (Å²) in [4.78, 5) is 25.3. The lowest BCUT2D eigenvalue weighted by atomic mass is 9.94. The largest absolute Gasteiger partial charge is 0.495 e. The number of nitrogens with zero attached hydrogens (tertiary/aromatic N) is 4. The average molecular weight is 1310 g/mol. The number of hydrogen-bond acceptors (Lipinski definition) is 14. The minimum atomic E-state index is -5.13. The number of rotatable bonds is 12. The molecule has 3 N–H and O–H groups in total. The molecule has 0 aliphatic heterocycles. The summed E-state index contributed by atoms with van der Waals surface area (Å²) in [6.45, 7) is 0. The fourth-order valence-corrected chi connectivity index (χ4v) is 11.5. The van der Waals surface area contributed by atoms with Crippen molar-refractivity contribution in [2.45, 2.75) is 33.4 Å². The zero-order chi connectivity index (χ0) is 60.4. The molecule has 2 aliphatic carbocycles.